The van der Waals surface area contributed by atoms with Crippen molar-refractivity contribution in [3.8, 4) is 0 Å². The predicted octanol–water partition coefficient (Wildman–Crippen LogP) is 2.50. The molecule has 1 aliphatic carbocycles. The van der Waals surface area contributed by atoms with Gasteiger partial charge in [-0.2, -0.15) is 0 Å². The van der Waals surface area contributed by atoms with E-state index >= 15 is 0 Å². The van der Waals surface area contributed by atoms with Gasteiger partial charge in [0.1, 0.15) is 11.7 Å². The molecule has 2 amide bonds. The van der Waals surface area contributed by atoms with Gasteiger partial charge in [0, 0.05) is 24.0 Å². The lowest BCUT2D eigenvalue weighted by Gasteiger charge is -2.26. The lowest BCUT2D eigenvalue weighted by molar-refractivity contribution is -0.125. The molecule has 0 bridgehead atoms. The van der Waals surface area contributed by atoms with Crippen LogP contribution in [0, 0.1) is 5.92 Å². The Kier molecular flexibility index (Phi) is 4.71. The van der Waals surface area contributed by atoms with E-state index < -0.39 is 0 Å². The number of amides is 2. The summed E-state index contributed by atoms with van der Waals surface area (Å²) in [4.78, 5) is 27.2. The second kappa shape index (κ2) is 6.59. The van der Waals surface area contributed by atoms with Crippen molar-refractivity contribution in [1.82, 2.24) is 14.8 Å². The number of carbonyl (C=O) groups is 2. The van der Waals surface area contributed by atoms with Crippen LogP contribution in [0.2, 0.25) is 0 Å². The monoisotopic (exact) mass is 335 g/mol. The van der Waals surface area contributed by atoms with E-state index in [2.05, 4.69) is 23.7 Å². The molecule has 1 saturated carbocycles. The van der Waals surface area contributed by atoms with Gasteiger partial charge in [-0.15, -0.1) is 11.8 Å². The molecule has 6 heteroatoms. The number of rotatable bonds is 5. The summed E-state index contributed by atoms with van der Waals surface area (Å²) in [7, 11) is 0. The molecule has 23 heavy (non-hydrogen) atoms. The normalized spacial score (nSPS) is 22.4. The Morgan fingerprint density at radius 2 is 2.04 bits per heavy atom. The van der Waals surface area contributed by atoms with Crippen LogP contribution in [0.15, 0.2) is 18.3 Å². The van der Waals surface area contributed by atoms with Crippen LogP contribution in [0.3, 0.4) is 0 Å². The molecule has 5 nitrogen and oxygen atoms in total. The summed E-state index contributed by atoms with van der Waals surface area (Å²) in [5, 5.41) is 3.05. The molecule has 0 radical (unpaired) electrons. The summed E-state index contributed by atoms with van der Waals surface area (Å²) in [6.45, 7) is 6.18. The van der Waals surface area contributed by atoms with E-state index in [1.807, 2.05) is 25.3 Å². The number of aromatic nitrogens is 1. The second-order valence-electron chi connectivity index (χ2n) is 6.86. The van der Waals surface area contributed by atoms with E-state index in [4.69, 9.17) is 0 Å². The zero-order valence-corrected chi connectivity index (χ0v) is 14.8. The highest BCUT2D eigenvalue weighted by molar-refractivity contribution is 7.99. The Morgan fingerprint density at radius 1 is 1.30 bits per heavy atom. The van der Waals surface area contributed by atoms with Gasteiger partial charge in [-0.25, -0.2) is 0 Å². The van der Waals surface area contributed by atoms with Crippen LogP contribution in [0.4, 0.5) is 0 Å². The van der Waals surface area contributed by atoms with E-state index in [1.165, 1.54) is 0 Å². The van der Waals surface area contributed by atoms with Crippen LogP contribution >= 0.6 is 11.8 Å². The summed E-state index contributed by atoms with van der Waals surface area (Å²) in [5.74, 6) is 1.58. The number of hydrogen-bond donors (Lipinski definition) is 1. The third-order valence-electron chi connectivity index (χ3n) is 4.75. The van der Waals surface area contributed by atoms with Crippen molar-refractivity contribution in [2.24, 2.45) is 5.92 Å². The fourth-order valence-electron chi connectivity index (χ4n) is 2.74. The third kappa shape index (κ3) is 3.42. The first kappa shape index (κ1) is 16.4. The summed E-state index contributed by atoms with van der Waals surface area (Å²) in [6.07, 6.45) is 4.25. The molecule has 0 spiro atoms. The van der Waals surface area contributed by atoms with Crippen LogP contribution in [-0.4, -0.2) is 45.0 Å². The fourth-order valence-corrected chi connectivity index (χ4v) is 3.89. The van der Waals surface area contributed by atoms with Crippen molar-refractivity contribution in [2.45, 2.75) is 51.7 Å². The summed E-state index contributed by atoms with van der Waals surface area (Å²) < 4.78 is 2.07. The maximum atomic E-state index is 12.9. The Morgan fingerprint density at radius 3 is 2.70 bits per heavy atom. The fraction of sp³-hybridized carbons (Fsp3) is 0.647. The van der Waals surface area contributed by atoms with E-state index in [0.29, 0.717) is 29.3 Å². The number of hydrogen-bond acceptors (Lipinski definition) is 3. The molecule has 1 aromatic heterocycles. The average Bonchev–Trinajstić information content (AvgIpc) is 3.04. The van der Waals surface area contributed by atoms with Crippen LogP contribution in [0.25, 0.3) is 0 Å². The zero-order chi connectivity index (χ0) is 16.6. The number of nitrogens with one attached hydrogen (secondary N) is 1. The minimum atomic E-state index is -0.365. The molecule has 1 aromatic rings. The van der Waals surface area contributed by atoms with Crippen molar-refractivity contribution in [1.29, 1.82) is 0 Å². The molecule has 1 saturated heterocycles. The molecule has 2 heterocycles. The first-order valence-corrected chi connectivity index (χ1v) is 9.50. The van der Waals surface area contributed by atoms with Gasteiger partial charge >= 0.3 is 0 Å². The average molecular weight is 335 g/mol. The second-order valence-corrected chi connectivity index (χ2v) is 7.86. The van der Waals surface area contributed by atoms with Crippen molar-refractivity contribution in [3.05, 3.63) is 24.0 Å². The van der Waals surface area contributed by atoms with Gasteiger partial charge in [-0.3, -0.25) is 9.59 Å². The van der Waals surface area contributed by atoms with Crippen molar-refractivity contribution >= 4 is 23.6 Å². The maximum Gasteiger partial charge on any atom is 0.271 e. The molecule has 0 unspecified atom stereocenters. The highest BCUT2D eigenvalue weighted by Crippen LogP contribution is 2.36. The van der Waals surface area contributed by atoms with Crippen LogP contribution in [0.1, 0.15) is 50.1 Å². The van der Waals surface area contributed by atoms with Crippen LogP contribution in [-0.2, 0) is 4.79 Å². The van der Waals surface area contributed by atoms with Gasteiger partial charge < -0.3 is 14.8 Å². The first-order valence-electron chi connectivity index (χ1n) is 8.35. The molecule has 126 valence electrons. The predicted molar refractivity (Wildman–Crippen MR) is 92.4 cm³/mol. The molecule has 2 fully saturated rings. The Hall–Kier alpha value is -1.43. The molecular weight excluding hydrogens is 310 g/mol. The molecule has 1 N–H and O–H groups in total. The number of thioether (sulfide) groups is 1. The van der Waals surface area contributed by atoms with E-state index in [1.54, 1.807) is 16.7 Å². The minimum absolute atomic E-state index is 0.0238. The highest BCUT2D eigenvalue weighted by atomic mass is 32.2. The van der Waals surface area contributed by atoms with E-state index in [9.17, 15) is 9.59 Å². The topological polar surface area (TPSA) is 54.3 Å². The largest absolute Gasteiger partial charge is 0.352 e. The summed E-state index contributed by atoms with van der Waals surface area (Å²) in [6, 6.07) is 4.00. The van der Waals surface area contributed by atoms with Crippen molar-refractivity contribution in [3.63, 3.8) is 0 Å². The van der Waals surface area contributed by atoms with Crippen molar-refractivity contribution in [2.75, 3.05) is 11.6 Å². The zero-order valence-electron chi connectivity index (χ0n) is 14.0. The Labute approximate surface area is 141 Å². The van der Waals surface area contributed by atoms with Crippen LogP contribution < -0.4 is 5.32 Å². The lowest BCUT2D eigenvalue weighted by Crippen LogP contribution is -2.50. The highest BCUT2D eigenvalue weighted by Gasteiger charge is 2.37. The maximum absolute atomic E-state index is 12.9. The lowest BCUT2D eigenvalue weighted by atomic mass is 10.1. The first-order chi connectivity index (χ1) is 11.0. The molecule has 0 aromatic carbocycles. The smallest absolute Gasteiger partial charge is 0.271 e. The standard InChI is InChI=1S/C17H25N3O2S/c1-11(2)12(3)18-16(21)15-9-23-10-20(15)17(22)14-5-4-8-19(14)13-6-7-13/h4-5,8,11-13,15H,6-7,9-10H2,1-3H3,(H,18,21)/t12-,15+/m0/s1. The van der Waals surface area contributed by atoms with E-state index in [0.717, 1.165) is 12.8 Å². The molecule has 2 aliphatic rings. The minimum Gasteiger partial charge on any atom is -0.352 e. The Balaban J connectivity index is 1.72. The van der Waals surface area contributed by atoms with E-state index in [-0.39, 0.29) is 23.9 Å². The molecular formula is C17H25N3O2S. The molecule has 3 rings (SSSR count). The summed E-state index contributed by atoms with van der Waals surface area (Å²) >= 11 is 1.64. The number of carbonyl (C=O) groups excluding carboxylic acids is 2. The molecule has 2 atom stereocenters. The third-order valence-corrected chi connectivity index (χ3v) is 5.77. The van der Waals surface area contributed by atoms with Crippen molar-refractivity contribution < 1.29 is 9.59 Å². The number of nitrogens with zero attached hydrogens (tertiary/aromatic N) is 2. The van der Waals surface area contributed by atoms with Gasteiger partial charge in [-0.05, 0) is 37.8 Å². The van der Waals surface area contributed by atoms with Crippen LogP contribution in [0.5, 0.6) is 0 Å². The van der Waals surface area contributed by atoms with Gasteiger partial charge in [0.2, 0.25) is 5.91 Å². The van der Waals surface area contributed by atoms with Gasteiger partial charge in [0.05, 0.1) is 5.88 Å². The van der Waals surface area contributed by atoms with Gasteiger partial charge in [0.15, 0.2) is 0 Å². The SMILES string of the molecule is CC(C)[C@H](C)NC(=O)[C@H]1CSCN1C(=O)c1cccn1C1CC1. The summed E-state index contributed by atoms with van der Waals surface area (Å²) in [5.41, 5.74) is 0.713. The van der Waals surface area contributed by atoms with Gasteiger partial charge in [-0.1, -0.05) is 13.8 Å². The van der Waals surface area contributed by atoms with Gasteiger partial charge in [0.25, 0.3) is 5.91 Å². The Bertz CT molecular complexity index is 594. The molecule has 1 aliphatic heterocycles. The quantitative estimate of drug-likeness (QED) is 0.899.